The Bertz CT molecular complexity index is 1030. The average molecular weight is 443 g/mol. The number of aliphatic hydroxyl groups is 1. The highest BCUT2D eigenvalue weighted by molar-refractivity contribution is 5.70. The minimum atomic E-state index is -0.981. The first-order valence-electron chi connectivity index (χ1n) is 10.8. The number of halogens is 1. The first kappa shape index (κ1) is 23.7. The fourth-order valence-electron chi connectivity index (χ4n) is 4.21. The Morgan fingerprint density at radius 2 is 1.88 bits per heavy atom. The number of hydrogen-bond donors (Lipinski definition) is 1. The van der Waals surface area contributed by atoms with Crippen molar-refractivity contribution < 1.29 is 19.0 Å². The van der Waals surface area contributed by atoms with Crippen LogP contribution in [-0.4, -0.2) is 45.1 Å². The molecule has 1 aliphatic heterocycles. The quantitative estimate of drug-likeness (QED) is 0.612. The largest absolute Gasteiger partial charge is 0.438 e. The van der Waals surface area contributed by atoms with Gasteiger partial charge in [-0.1, -0.05) is 30.8 Å². The van der Waals surface area contributed by atoms with Gasteiger partial charge < -0.3 is 19.3 Å². The van der Waals surface area contributed by atoms with Crippen LogP contribution >= 0.6 is 0 Å². The van der Waals surface area contributed by atoms with Crippen LogP contribution in [0.15, 0.2) is 60.0 Å². The van der Waals surface area contributed by atoms with Gasteiger partial charge in [0.1, 0.15) is 12.3 Å². The van der Waals surface area contributed by atoms with Crippen molar-refractivity contribution >= 4 is 6.09 Å². The molecule has 32 heavy (non-hydrogen) atoms. The Morgan fingerprint density at radius 1 is 1.22 bits per heavy atom. The van der Waals surface area contributed by atoms with Gasteiger partial charge in [0.15, 0.2) is 0 Å². The van der Waals surface area contributed by atoms with Crippen molar-refractivity contribution in [2.45, 2.75) is 57.4 Å². The van der Waals surface area contributed by atoms with Crippen LogP contribution in [0.1, 0.15) is 45.2 Å². The van der Waals surface area contributed by atoms with Crippen LogP contribution in [0.5, 0.6) is 0 Å². The van der Waals surface area contributed by atoms with E-state index in [0.717, 1.165) is 16.7 Å². The molecule has 2 atom stereocenters. The van der Waals surface area contributed by atoms with Gasteiger partial charge in [-0.25, -0.2) is 9.18 Å². The van der Waals surface area contributed by atoms with Crippen molar-refractivity contribution in [2.75, 3.05) is 13.2 Å². The highest BCUT2D eigenvalue weighted by Crippen LogP contribution is 2.36. The zero-order valence-electron chi connectivity index (χ0n) is 18.9. The summed E-state index contributed by atoms with van der Waals surface area (Å²) >= 11 is 0. The van der Waals surface area contributed by atoms with Crippen LogP contribution in [0.25, 0.3) is 11.1 Å². The Hall–Kier alpha value is -2.93. The second kappa shape index (κ2) is 9.28. The van der Waals surface area contributed by atoms with Crippen molar-refractivity contribution in [1.82, 2.24) is 9.47 Å². The summed E-state index contributed by atoms with van der Waals surface area (Å²) in [4.78, 5) is 26.3. The molecule has 1 amide bonds. The van der Waals surface area contributed by atoms with E-state index in [0.29, 0.717) is 13.0 Å². The molecule has 7 heteroatoms. The monoisotopic (exact) mass is 442 g/mol. The maximum atomic E-state index is 12.8. The fourth-order valence-corrected chi connectivity index (χ4v) is 4.21. The van der Waals surface area contributed by atoms with Crippen LogP contribution in [0.2, 0.25) is 0 Å². The lowest BCUT2D eigenvalue weighted by Gasteiger charge is -2.43. The molecule has 1 fully saturated rings. The van der Waals surface area contributed by atoms with Gasteiger partial charge in [0.25, 0.3) is 5.56 Å². The number of hydrogen-bond acceptors (Lipinski definition) is 4. The lowest BCUT2D eigenvalue weighted by Crippen LogP contribution is -2.51. The number of pyridine rings is 1. The van der Waals surface area contributed by atoms with Crippen LogP contribution in [-0.2, 0) is 11.3 Å². The molecular formula is C25H31FN2O4. The van der Waals surface area contributed by atoms with E-state index in [9.17, 15) is 19.1 Å². The third-order valence-corrected chi connectivity index (χ3v) is 5.91. The van der Waals surface area contributed by atoms with Crippen LogP contribution in [0.4, 0.5) is 9.18 Å². The van der Waals surface area contributed by atoms with Gasteiger partial charge in [0.2, 0.25) is 0 Å². The molecule has 1 aromatic heterocycles. The normalized spacial score (nSPS) is 20.0. The van der Waals surface area contributed by atoms with Crippen molar-refractivity contribution in [3.63, 3.8) is 0 Å². The Balaban J connectivity index is 1.75. The van der Waals surface area contributed by atoms with E-state index in [-0.39, 0.29) is 24.6 Å². The zero-order chi connectivity index (χ0) is 23.5. The van der Waals surface area contributed by atoms with Gasteiger partial charge in [0.05, 0.1) is 18.2 Å². The number of alkyl halides is 1. The zero-order valence-corrected chi connectivity index (χ0v) is 18.9. The number of carbonyl (C=O) groups excluding carboxylic acids is 1. The van der Waals surface area contributed by atoms with Gasteiger partial charge in [-0.2, -0.15) is 0 Å². The third-order valence-electron chi connectivity index (χ3n) is 5.91. The second-order valence-electron chi connectivity index (χ2n) is 9.01. The summed E-state index contributed by atoms with van der Waals surface area (Å²) in [5.41, 5.74) is 0.558. The van der Waals surface area contributed by atoms with Crippen LogP contribution in [0.3, 0.4) is 0 Å². The van der Waals surface area contributed by atoms with Crippen molar-refractivity contribution in [3.05, 3.63) is 71.2 Å². The molecule has 172 valence electrons. The highest BCUT2D eigenvalue weighted by atomic mass is 19.1. The van der Waals surface area contributed by atoms with E-state index in [1.54, 1.807) is 37.1 Å². The summed E-state index contributed by atoms with van der Waals surface area (Å²) < 4.78 is 19.8. The molecule has 1 saturated heterocycles. The van der Waals surface area contributed by atoms with Gasteiger partial charge in [-0.15, -0.1) is 0 Å². The maximum Gasteiger partial charge on any atom is 0.411 e. The van der Waals surface area contributed by atoms with Gasteiger partial charge in [0, 0.05) is 31.6 Å². The Morgan fingerprint density at radius 3 is 2.44 bits per heavy atom. The fraction of sp³-hybridized carbons (Fsp3) is 0.440. The molecule has 0 unspecified atom stereocenters. The summed E-state index contributed by atoms with van der Waals surface area (Å²) in [5.74, 6) is 0. The number of benzene rings is 1. The molecule has 2 aromatic rings. The predicted octanol–water partition coefficient (Wildman–Crippen LogP) is 4.47. The summed E-state index contributed by atoms with van der Waals surface area (Å²) in [5, 5.41) is 10.2. The average Bonchev–Trinajstić information content (AvgIpc) is 2.74. The van der Waals surface area contributed by atoms with E-state index in [1.807, 2.05) is 31.2 Å². The number of aromatic nitrogens is 1. The number of ether oxygens (including phenoxy) is 1. The summed E-state index contributed by atoms with van der Waals surface area (Å²) in [6.45, 7) is 9.04. The molecule has 1 aromatic carbocycles. The number of nitrogens with zero attached hydrogens (tertiary/aromatic N) is 2. The van der Waals surface area contributed by atoms with Crippen LogP contribution < -0.4 is 5.56 Å². The molecular weight excluding hydrogens is 411 g/mol. The van der Waals surface area contributed by atoms with Crippen molar-refractivity contribution in [2.24, 2.45) is 0 Å². The first-order valence-corrected chi connectivity index (χ1v) is 10.8. The first-order chi connectivity index (χ1) is 15.1. The SMILES string of the molecule is C=C[C@@]1(CC(C)(C)O)CCN([C@@H](C)c2ccc(-c3ccc(=O)n(CCF)c3)cc2)C(=O)O1. The van der Waals surface area contributed by atoms with E-state index < -0.39 is 24.0 Å². The van der Waals surface area contributed by atoms with Crippen molar-refractivity contribution in [1.29, 1.82) is 0 Å². The molecule has 0 spiro atoms. The molecule has 3 rings (SSSR count). The Labute approximate surface area is 187 Å². The Kier molecular flexibility index (Phi) is 6.88. The molecule has 0 aliphatic carbocycles. The van der Waals surface area contributed by atoms with E-state index >= 15 is 0 Å². The molecule has 2 heterocycles. The summed E-state index contributed by atoms with van der Waals surface area (Å²) in [7, 11) is 0. The number of amides is 1. The van der Waals surface area contributed by atoms with Gasteiger partial charge in [-0.3, -0.25) is 4.79 Å². The minimum absolute atomic E-state index is 0.0263. The lowest BCUT2D eigenvalue weighted by molar-refractivity contribution is -0.0701. The van der Waals surface area contributed by atoms with Gasteiger partial charge in [-0.05, 0) is 49.6 Å². The maximum absolute atomic E-state index is 12.8. The second-order valence-corrected chi connectivity index (χ2v) is 9.01. The molecule has 1 N–H and O–H groups in total. The minimum Gasteiger partial charge on any atom is -0.438 e. The molecule has 6 nitrogen and oxygen atoms in total. The lowest BCUT2D eigenvalue weighted by atomic mass is 9.85. The smallest absolute Gasteiger partial charge is 0.411 e. The number of aryl methyl sites for hydroxylation is 1. The number of rotatable bonds is 8. The van der Waals surface area contributed by atoms with E-state index in [2.05, 4.69) is 6.58 Å². The predicted molar refractivity (Wildman–Crippen MR) is 122 cm³/mol. The van der Waals surface area contributed by atoms with E-state index in [1.165, 1.54) is 10.6 Å². The van der Waals surface area contributed by atoms with Crippen LogP contribution in [0, 0.1) is 0 Å². The molecule has 1 aliphatic rings. The summed E-state index contributed by atoms with van der Waals surface area (Å²) in [6, 6.07) is 10.7. The highest BCUT2D eigenvalue weighted by Gasteiger charge is 2.43. The van der Waals surface area contributed by atoms with Crippen molar-refractivity contribution in [3.8, 4) is 11.1 Å². The molecule has 0 saturated carbocycles. The summed E-state index contributed by atoms with van der Waals surface area (Å²) in [6.07, 6.45) is 3.67. The standard InChI is InChI=1S/C25H31FN2O4/c1-5-25(17-24(3,4)31)12-14-28(23(30)32-25)18(2)19-6-8-20(9-7-19)21-10-11-22(29)27(16-21)15-13-26/h5-11,16,18,31H,1,12-15,17H2,2-4H3/t18-,25-/m0/s1. The molecule has 0 radical (unpaired) electrons. The topological polar surface area (TPSA) is 71.8 Å². The van der Waals surface area contributed by atoms with E-state index in [4.69, 9.17) is 4.74 Å². The third kappa shape index (κ3) is 5.27. The van der Waals surface area contributed by atoms with Gasteiger partial charge >= 0.3 is 6.09 Å². The molecule has 0 bridgehead atoms. The number of carbonyl (C=O) groups is 1. The number of cyclic esters (lactones) is 1.